The molecule has 0 aliphatic carbocycles. The van der Waals surface area contributed by atoms with Crippen LogP contribution in [0.2, 0.25) is 0 Å². The molecule has 0 spiro atoms. The molecule has 0 fully saturated rings. The Morgan fingerprint density at radius 1 is 1.23 bits per heavy atom. The SMILES string of the molecule is O=C(NCC=Cc1ccc(F)c(O)c1)OCc1ccccc1. The van der Waals surface area contributed by atoms with Crippen LogP contribution in [-0.4, -0.2) is 17.7 Å². The molecule has 1 amide bonds. The van der Waals surface area contributed by atoms with E-state index in [0.717, 1.165) is 5.56 Å². The molecule has 0 saturated heterocycles. The number of aromatic hydroxyl groups is 1. The molecular formula is C17H16FNO3. The predicted molar refractivity (Wildman–Crippen MR) is 81.7 cm³/mol. The van der Waals surface area contributed by atoms with E-state index < -0.39 is 17.7 Å². The number of hydrogen-bond donors (Lipinski definition) is 2. The summed E-state index contributed by atoms with van der Waals surface area (Å²) < 4.78 is 17.9. The zero-order valence-electron chi connectivity index (χ0n) is 11.8. The van der Waals surface area contributed by atoms with Gasteiger partial charge in [-0.3, -0.25) is 0 Å². The lowest BCUT2D eigenvalue weighted by Gasteiger charge is -2.05. The van der Waals surface area contributed by atoms with E-state index in [1.807, 2.05) is 30.3 Å². The van der Waals surface area contributed by atoms with Gasteiger partial charge in [0.1, 0.15) is 6.61 Å². The standard InChI is InChI=1S/C17H16FNO3/c18-15-9-8-13(11-16(15)20)7-4-10-19-17(21)22-12-14-5-2-1-3-6-14/h1-9,11,20H,10,12H2,(H,19,21). The van der Waals surface area contributed by atoms with E-state index in [-0.39, 0.29) is 13.2 Å². The number of carbonyl (C=O) groups is 1. The number of hydrogen-bond acceptors (Lipinski definition) is 3. The number of ether oxygens (including phenoxy) is 1. The Morgan fingerprint density at radius 3 is 2.73 bits per heavy atom. The van der Waals surface area contributed by atoms with E-state index in [9.17, 15) is 14.3 Å². The van der Waals surface area contributed by atoms with Gasteiger partial charge in [0.2, 0.25) is 0 Å². The van der Waals surface area contributed by atoms with E-state index in [1.165, 1.54) is 18.2 Å². The van der Waals surface area contributed by atoms with E-state index >= 15 is 0 Å². The van der Waals surface area contributed by atoms with Gasteiger partial charge in [0.15, 0.2) is 11.6 Å². The number of phenols is 1. The van der Waals surface area contributed by atoms with Crippen LogP contribution in [0.25, 0.3) is 6.08 Å². The van der Waals surface area contributed by atoms with Crippen LogP contribution in [0.4, 0.5) is 9.18 Å². The maximum Gasteiger partial charge on any atom is 0.407 e. The average Bonchev–Trinajstić information content (AvgIpc) is 2.54. The predicted octanol–water partition coefficient (Wildman–Crippen LogP) is 3.47. The van der Waals surface area contributed by atoms with Crippen molar-refractivity contribution in [3.8, 4) is 5.75 Å². The summed E-state index contributed by atoms with van der Waals surface area (Å²) in [4.78, 5) is 11.5. The highest BCUT2D eigenvalue weighted by Gasteiger charge is 2.01. The Morgan fingerprint density at radius 2 is 2.00 bits per heavy atom. The highest BCUT2D eigenvalue weighted by Crippen LogP contribution is 2.17. The second-order valence-electron chi connectivity index (χ2n) is 4.56. The number of nitrogens with one attached hydrogen (secondary N) is 1. The largest absolute Gasteiger partial charge is 0.505 e. The third-order valence-corrected chi connectivity index (χ3v) is 2.86. The summed E-state index contributed by atoms with van der Waals surface area (Å²) in [6.45, 7) is 0.480. The first-order valence-electron chi connectivity index (χ1n) is 6.75. The van der Waals surface area contributed by atoms with Crippen LogP contribution in [-0.2, 0) is 11.3 Å². The van der Waals surface area contributed by atoms with E-state index in [4.69, 9.17) is 4.74 Å². The normalized spacial score (nSPS) is 10.6. The summed E-state index contributed by atoms with van der Waals surface area (Å²) in [6, 6.07) is 13.4. The number of alkyl carbamates (subject to hydrolysis) is 1. The van der Waals surface area contributed by atoms with E-state index in [2.05, 4.69) is 5.32 Å². The van der Waals surface area contributed by atoms with Crippen LogP contribution in [0.3, 0.4) is 0 Å². The van der Waals surface area contributed by atoms with Crippen molar-refractivity contribution in [1.29, 1.82) is 0 Å². The van der Waals surface area contributed by atoms with Gasteiger partial charge < -0.3 is 15.2 Å². The van der Waals surface area contributed by atoms with Gasteiger partial charge in [0.05, 0.1) is 0 Å². The molecule has 2 aromatic carbocycles. The fourth-order valence-corrected chi connectivity index (χ4v) is 1.74. The molecule has 2 N–H and O–H groups in total. The molecule has 0 atom stereocenters. The van der Waals surface area contributed by atoms with Gasteiger partial charge in [-0.05, 0) is 23.3 Å². The zero-order chi connectivity index (χ0) is 15.8. The molecule has 5 heteroatoms. The maximum absolute atomic E-state index is 12.9. The molecule has 0 aliphatic rings. The highest BCUT2D eigenvalue weighted by atomic mass is 19.1. The number of amides is 1. The first-order valence-corrected chi connectivity index (χ1v) is 6.75. The third-order valence-electron chi connectivity index (χ3n) is 2.86. The van der Waals surface area contributed by atoms with Crippen LogP contribution in [0.15, 0.2) is 54.6 Å². The fraction of sp³-hybridized carbons (Fsp3) is 0.118. The summed E-state index contributed by atoms with van der Waals surface area (Å²) in [6.07, 6.45) is 2.82. The van der Waals surface area contributed by atoms with Gasteiger partial charge in [-0.15, -0.1) is 0 Å². The maximum atomic E-state index is 12.9. The van der Waals surface area contributed by atoms with Crippen molar-refractivity contribution in [2.24, 2.45) is 0 Å². The molecule has 0 bridgehead atoms. The Balaban J connectivity index is 1.72. The Hall–Kier alpha value is -2.82. The van der Waals surface area contributed by atoms with Crippen LogP contribution in [0.5, 0.6) is 5.75 Å². The molecule has 0 aliphatic heterocycles. The Kier molecular flexibility index (Phi) is 5.54. The van der Waals surface area contributed by atoms with E-state index in [1.54, 1.807) is 12.2 Å². The van der Waals surface area contributed by atoms with Gasteiger partial charge >= 0.3 is 6.09 Å². The van der Waals surface area contributed by atoms with Crippen molar-refractivity contribution in [3.05, 3.63) is 71.6 Å². The Bertz CT molecular complexity index is 656. The number of benzene rings is 2. The van der Waals surface area contributed by atoms with Crippen molar-refractivity contribution in [2.45, 2.75) is 6.61 Å². The molecule has 2 aromatic rings. The zero-order valence-corrected chi connectivity index (χ0v) is 11.8. The number of carbonyl (C=O) groups excluding carboxylic acids is 1. The lowest BCUT2D eigenvalue weighted by atomic mass is 10.2. The minimum absolute atomic E-state index is 0.211. The molecule has 0 saturated carbocycles. The second kappa shape index (κ2) is 7.83. The summed E-state index contributed by atoms with van der Waals surface area (Å²) in [5, 5.41) is 11.8. The molecule has 0 radical (unpaired) electrons. The molecular weight excluding hydrogens is 285 g/mol. The van der Waals surface area contributed by atoms with Gasteiger partial charge in [-0.1, -0.05) is 48.6 Å². The van der Waals surface area contributed by atoms with Crippen molar-refractivity contribution in [1.82, 2.24) is 5.32 Å². The first-order chi connectivity index (χ1) is 10.6. The van der Waals surface area contributed by atoms with Crippen molar-refractivity contribution in [3.63, 3.8) is 0 Å². The van der Waals surface area contributed by atoms with Crippen molar-refractivity contribution >= 4 is 12.2 Å². The monoisotopic (exact) mass is 301 g/mol. The molecule has 0 unspecified atom stereocenters. The van der Waals surface area contributed by atoms with Gasteiger partial charge in [0.25, 0.3) is 0 Å². The highest BCUT2D eigenvalue weighted by molar-refractivity contribution is 5.67. The third kappa shape index (κ3) is 4.94. The van der Waals surface area contributed by atoms with Crippen molar-refractivity contribution < 1.29 is 19.0 Å². The van der Waals surface area contributed by atoms with Crippen LogP contribution in [0, 0.1) is 5.82 Å². The number of rotatable bonds is 5. The average molecular weight is 301 g/mol. The van der Waals surface area contributed by atoms with Crippen LogP contribution in [0.1, 0.15) is 11.1 Å². The topological polar surface area (TPSA) is 58.6 Å². The van der Waals surface area contributed by atoms with E-state index in [0.29, 0.717) is 5.56 Å². The molecule has 4 nitrogen and oxygen atoms in total. The van der Waals surface area contributed by atoms with Crippen LogP contribution < -0.4 is 5.32 Å². The minimum atomic E-state index is -0.667. The molecule has 2 rings (SSSR count). The van der Waals surface area contributed by atoms with Gasteiger partial charge in [0, 0.05) is 6.54 Å². The van der Waals surface area contributed by atoms with Gasteiger partial charge in [-0.25, -0.2) is 9.18 Å². The summed E-state index contributed by atoms with van der Waals surface area (Å²) in [5.74, 6) is -1.07. The number of phenolic OH excluding ortho intramolecular Hbond substituents is 1. The van der Waals surface area contributed by atoms with Crippen LogP contribution >= 0.6 is 0 Å². The second-order valence-corrected chi connectivity index (χ2v) is 4.56. The lowest BCUT2D eigenvalue weighted by Crippen LogP contribution is -2.24. The lowest BCUT2D eigenvalue weighted by molar-refractivity contribution is 0.141. The molecule has 0 heterocycles. The Labute approximate surface area is 127 Å². The molecule has 0 aromatic heterocycles. The van der Waals surface area contributed by atoms with Gasteiger partial charge in [-0.2, -0.15) is 0 Å². The number of halogens is 1. The smallest absolute Gasteiger partial charge is 0.407 e. The first kappa shape index (κ1) is 15.6. The quantitative estimate of drug-likeness (QED) is 0.889. The summed E-state index contributed by atoms with van der Waals surface area (Å²) in [5.41, 5.74) is 1.55. The fourth-order valence-electron chi connectivity index (χ4n) is 1.74. The van der Waals surface area contributed by atoms with Crippen molar-refractivity contribution in [2.75, 3.05) is 6.54 Å². The summed E-state index contributed by atoms with van der Waals surface area (Å²) >= 11 is 0. The molecule has 114 valence electrons. The minimum Gasteiger partial charge on any atom is -0.505 e. The molecule has 22 heavy (non-hydrogen) atoms. The summed E-state index contributed by atoms with van der Waals surface area (Å²) in [7, 11) is 0.